The lowest BCUT2D eigenvalue weighted by Crippen LogP contribution is -2.41. The van der Waals surface area contributed by atoms with Crippen molar-refractivity contribution < 1.29 is 13.2 Å². The van der Waals surface area contributed by atoms with Gasteiger partial charge in [-0.1, -0.05) is 0 Å². The summed E-state index contributed by atoms with van der Waals surface area (Å²) in [4.78, 5) is 14.7. The minimum Gasteiger partial charge on any atom is -0.331 e. The van der Waals surface area contributed by atoms with Crippen molar-refractivity contribution in [1.29, 1.82) is 0 Å². The van der Waals surface area contributed by atoms with Crippen LogP contribution in [0.2, 0.25) is 0 Å². The zero-order valence-electron chi connectivity index (χ0n) is 9.23. The van der Waals surface area contributed by atoms with Crippen LogP contribution in [0.5, 0.6) is 0 Å². The second kappa shape index (κ2) is 4.36. The van der Waals surface area contributed by atoms with Gasteiger partial charge in [0.15, 0.2) is 0 Å². The Morgan fingerprint density at radius 2 is 2.07 bits per heavy atom. The lowest BCUT2D eigenvalue weighted by atomic mass is 10.3. The Balaban J connectivity index is 2.50. The summed E-state index contributed by atoms with van der Waals surface area (Å²) in [7, 11) is 0.182. The van der Waals surface area contributed by atoms with Crippen LogP contribution in [0.1, 0.15) is 6.42 Å². The highest BCUT2D eigenvalue weighted by molar-refractivity contribution is 7.88. The molecule has 0 aromatic heterocycles. The molecule has 88 valence electrons. The summed E-state index contributed by atoms with van der Waals surface area (Å²) in [5, 5.41) is 0. The molecule has 0 aromatic carbocycles. The summed E-state index contributed by atoms with van der Waals surface area (Å²) in [6.45, 7) is 1.05. The van der Waals surface area contributed by atoms with E-state index in [4.69, 9.17) is 0 Å². The summed E-state index contributed by atoms with van der Waals surface area (Å²) in [6.07, 6.45) is 1.80. The van der Waals surface area contributed by atoms with Crippen LogP contribution < -0.4 is 4.72 Å². The number of nitrogens with one attached hydrogen (secondary N) is 1. The Kier molecular flexibility index (Phi) is 3.56. The standard InChI is InChI=1S/C8H17N3O3S/c1-10(2)8(12)11-5-4-7(6-11)9-15(3,13)14/h7,9H,4-6H2,1-3H3. The average Bonchev–Trinajstić information content (AvgIpc) is 2.48. The summed E-state index contributed by atoms with van der Waals surface area (Å²) < 4.78 is 24.4. The van der Waals surface area contributed by atoms with E-state index in [1.54, 1.807) is 19.0 Å². The molecule has 15 heavy (non-hydrogen) atoms. The monoisotopic (exact) mass is 235 g/mol. The summed E-state index contributed by atoms with van der Waals surface area (Å²) in [5.74, 6) is 0. The number of urea groups is 1. The lowest BCUT2D eigenvalue weighted by Gasteiger charge is -2.21. The predicted octanol–water partition coefficient (Wildman–Crippen LogP) is -0.708. The first-order valence-electron chi connectivity index (χ1n) is 4.73. The Labute approximate surface area is 90.3 Å². The van der Waals surface area contributed by atoms with Crippen LogP contribution in [0.25, 0.3) is 0 Å². The first-order chi connectivity index (χ1) is 6.79. The van der Waals surface area contributed by atoms with Crippen molar-refractivity contribution in [3.05, 3.63) is 0 Å². The molecule has 1 fully saturated rings. The zero-order chi connectivity index (χ0) is 11.6. The molecule has 1 saturated heterocycles. The van der Waals surface area contributed by atoms with Gasteiger partial charge in [0, 0.05) is 33.2 Å². The van der Waals surface area contributed by atoms with E-state index in [2.05, 4.69) is 4.72 Å². The molecule has 1 rings (SSSR count). The molecule has 1 unspecified atom stereocenters. The van der Waals surface area contributed by atoms with Gasteiger partial charge in [0.2, 0.25) is 10.0 Å². The Hall–Kier alpha value is -0.820. The third-order valence-corrected chi connectivity index (χ3v) is 2.98. The fourth-order valence-corrected chi connectivity index (χ4v) is 2.41. The van der Waals surface area contributed by atoms with Crippen LogP contribution in [0.3, 0.4) is 0 Å². The highest BCUT2D eigenvalue weighted by Gasteiger charge is 2.28. The number of nitrogens with zero attached hydrogens (tertiary/aromatic N) is 2. The number of hydrogen-bond acceptors (Lipinski definition) is 3. The first kappa shape index (κ1) is 12.3. The van der Waals surface area contributed by atoms with Crippen molar-refractivity contribution in [2.75, 3.05) is 33.4 Å². The quantitative estimate of drug-likeness (QED) is 0.687. The SMILES string of the molecule is CN(C)C(=O)N1CCC(NS(C)(=O)=O)C1. The maximum atomic E-state index is 11.5. The van der Waals surface area contributed by atoms with Gasteiger partial charge in [0.25, 0.3) is 0 Å². The van der Waals surface area contributed by atoms with Crippen molar-refractivity contribution in [3.8, 4) is 0 Å². The van der Waals surface area contributed by atoms with E-state index < -0.39 is 10.0 Å². The Morgan fingerprint density at radius 3 is 2.53 bits per heavy atom. The van der Waals surface area contributed by atoms with Gasteiger partial charge in [-0.3, -0.25) is 0 Å². The number of hydrogen-bond donors (Lipinski definition) is 1. The summed E-state index contributed by atoms with van der Waals surface area (Å²) >= 11 is 0. The van der Waals surface area contributed by atoms with E-state index >= 15 is 0 Å². The summed E-state index contributed by atoms with van der Waals surface area (Å²) in [5.41, 5.74) is 0. The molecule has 1 N–H and O–H groups in total. The number of carbonyl (C=O) groups excluding carboxylic acids is 1. The number of likely N-dealkylation sites (tertiary alicyclic amines) is 1. The molecule has 2 amide bonds. The molecule has 7 heteroatoms. The van der Waals surface area contributed by atoms with E-state index in [1.165, 1.54) is 4.90 Å². The number of sulfonamides is 1. The molecule has 0 saturated carbocycles. The van der Waals surface area contributed by atoms with Gasteiger partial charge in [-0.2, -0.15) is 0 Å². The van der Waals surface area contributed by atoms with Gasteiger partial charge in [-0.15, -0.1) is 0 Å². The number of rotatable bonds is 2. The van der Waals surface area contributed by atoms with E-state index in [0.29, 0.717) is 19.5 Å². The minimum atomic E-state index is -3.18. The maximum Gasteiger partial charge on any atom is 0.319 e. The zero-order valence-corrected chi connectivity index (χ0v) is 10.0. The smallest absolute Gasteiger partial charge is 0.319 e. The second-order valence-electron chi connectivity index (χ2n) is 4.00. The molecule has 0 aromatic rings. The molecule has 0 bridgehead atoms. The Bertz CT molecular complexity index is 339. The van der Waals surface area contributed by atoms with Gasteiger partial charge in [0.05, 0.1) is 6.26 Å². The van der Waals surface area contributed by atoms with Crippen LogP contribution >= 0.6 is 0 Å². The van der Waals surface area contributed by atoms with E-state index in [-0.39, 0.29) is 12.1 Å². The maximum absolute atomic E-state index is 11.5. The largest absolute Gasteiger partial charge is 0.331 e. The molecule has 0 aliphatic carbocycles. The lowest BCUT2D eigenvalue weighted by molar-refractivity contribution is 0.181. The van der Waals surface area contributed by atoms with Gasteiger partial charge in [-0.05, 0) is 6.42 Å². The molecule has 1 heterocycles. The number of amides is 2. The van der Waals surface area contributed by atoms with Crippen molar-refractivity contribution in [3.63, 3.8) is 0 Å². The van der Waals surface area contributed by atoms with Gasteiger partial charge in [-0.25, -0.2) is 17.9 Å². The topological polar surface area (TPSA) is 69.7 Å². The van der Waals surface area contributed by atoms with Crippen LogP contribution in [0.4, 0.5) is 4.79 Å². The van der Waals surface area contributed by atoms with Gasteiger partial charge in [0.1, 0.15) is 0 Å². The highest BCUT2D eigenvalue weighted by atomic mass is 32.2. The third kappa shape index (κ3) is 3.67. The van der Waals surface area contributed by atoms with Crippen molar-refractivity contribution >= 4 is 16.1 Å². The molecule has 0 radical (unpaired) electrons. The number of carbonyl (C=O) groups is 1. The van der Waals surface area contributed by atoms with E-state index in [0.717, 1.165) is 6.26 Å². The molecular weight excluding hydrogens is 218 g/mol. The fourth-order valence-electron chi connectivity index (χ4n) is 1.62. The molecule has 1 aliphatic rings. The predicted molar refractivity (Wildman–Crippen MR) is 57.0 cm³/mol. The van der Waals surface area contributed by atoms with E-state index in [9.17, 15) is 13.2 Å². The molecule has 0 spiro atoms. The van der Waals surface area contributed by atoms with Gasteiger partial charge < -0.3 is 9.80 Å². The van der Waals surface area contributed by atoms with Crippen molar-refractivity contribution in [1.82, 2.24) is 14.5 Å². The van der Waals surface area contributed by atoms with E-state index in [1.807, 2.05) is 0 Å². The van der Waals surface area contributed by atoms with Crippen LogP contribution in [-0.2, 0) is 10.0 Å². The Morgan fingerprint density at radius 1 is 1.47 bits per heavy atom. The second-order valence-corrected chi connectivity index (χ2v) is 5.78. The fraction of sp³-hybridized carbons (Fsp3) is 0.875. The molecule has 6 nitrogen and oxygen atoms in total. The van der Waals surface area contributed by atoms with Crippen LogP contribution in [0.15, 0.2) is 0 Å². The normalized spacial score (nSPS) is 21.8. The van der Waals surface area contributed by atoms with Crippen LogP contribution in [-0.4, -0.2) is 63.7 Å². The third-order valence-electron chi connectivity index (χ3n) is 2.22. The van der Waals surface area contributed by atoms with Crippen molar-refractivity contribution in [2.45, 2.75) is 12.5 Å². The van der Waals surface area contributed by atoms with Crippen molar-refractivity contribution in [2.24, 2.45) is 0 Å². The molecular formula is C8H17N3O3S. The average molecular weight is 235 g/mol. The summed E-state index contributed by atoms with van der Waals surface area (Å²) in [6, 6.07) is -0.225. The molecule has 1 aliphatic heterocycles. The molecule has 1 atom stereocenters. The highest BCUT2D eigenvalue weighted by Crippen LogP contribution is 2.11. The first-order valence-corrected chi connectivity index (χ1v) is 6.62. The van der Waals surface area contributed by atoms with Crippen LogP contribution in [0, 0.1) is 0 Å². The minimum absolute atomic E-state index is 0.0761. The van der Waals surface area contributed by atoms with Gasteiger partial charge >= 0.3 is 6.03 Å².